The molecule has 0 atom stereocenters. The number of hydrogen-bond donors (Lipinski definition) is 3. The van der Waals surface area contributed by atoms with Gasteiger partial charge in [-0.05, 0) is 37.7 Å². The van der Waals surface area contributed by atoms with Gasteiger partial charge in [0.1, 0.15) is 11.5 Å². The molecule has 0 spiro atoms. The summed E-state index contributed by atoms with van der Waals surface area (Å²) in [7, 11) is 0. The standard InChI is InChI=1S/C10H12O4.C6H15N/c1-5(2)9-7(11)3-6(10(13)14)4-8(9)12;1-4-7(5-2)6-3/h3-5,11-12H,1-2H3,(H,13,14);4-6H2,1-3H3. The SMILES string of the molecule is CC(C)c1c(O)cc(C(=O)O)cc1O.CCN(CC)CC. The molecule has 0 saturated carbocycles. The van der Waals surface area contributed by atoms with Gasteiger partial charge in [0.15, 0.2) is 0 Å². The number of rotatable bonds is 5. The van der Waals surface area contributed by atoms with Crippen molar-refractivity contribution in [2.45, 2.75) is 40.5 Å². The second-order valence-electron chi connectivity index (χ2n) is 5.01. The Morgan fingerprint density at radius 2 is 1.43 bits per heavy atom. The maximum atomic E-state index is 10.6. The largest absolute Gasteiger partial charge is 0.507 e. The van der Waals surface area contributed by atoms with Crippen molar-refractivity contribution in [3.05, 3.63) is 23.3 Å². The van der Waals surface area contributed by atoms with E-state index in [1.165, 1.54) is 19.6 Å². The zero-order valence-electron chi connectivity index (χ0n) is 13.6. The molecule has 1 rings (SSSR count). The Morgan fingerprint density at radius 3 is 1.62 bits per heavy atom. The Labute approximate surface area is 126 Å². The molecule has 0 aliphatic carbocycles. The van der Waals surface area contributed by atoms with Crippen LogP contribution in [0.15, 0.2) is 12.1 Å². The third-order valence-corrected chi connectivity index (χ3v) is 3.30. The van der Waals surface area contributed by atoms with Gasteiger partial charge < -0.3 is 20.2 Å². The number of hydrogen-bond acceptors (Lipinski definition) is 4. The topological polar surface area (TPSA) is 81.0 Å². The lowest BCUT2D eigenvalue weighted by atomic mass is 9.99. The summed E-state index contributed by atoms with van der Waals surface area (Å²) in [4.78, 5) is 12.9. The molecular formula is C16H27NO4. The van der Waals surface area contributed by atoms with Gasteiger partial charge in [-0.1, -0.05) is 34.6 Å². The number of aromatic carboxylic acids is 1. The maximum Gasteiger partial charge on any atom is 0.335 e. The molecule has 5 heteroatoms. The molecule has 0 unspecified atom stereocenters. The lowest BCUT2D eigenvalue weighted by molar-refractivity contribution is 0.0696. The van der Waals surface area contributed by atoms with E-state index in [9.17, 15) is 15.0 Å². The van der Waals surface area contributed by atoms with Crippen LogP contribution in [0.2, 0.25) is 0 Å². The Balaban J connectivity index is 0.000000486. The minimum atomic E-state index is -1.18. The highest BCUT2D eigenvalue weighted by Crippen LogP contribution is 2.34. The highest BCUT2D eigenvalue weighted by atomic mass is 16.4. The van der Waals surface area contributed by atoms with Gasteiger partial charge in [0, 0.05) is 5.56 Å². The summed E-state index contributed by atoms with van der Waals surface area (Å²) in [6.07, 6.45) is 0. The van der Waals surface area contributed by atoms with E-state index in [0.29, 0.717) is 5.56 Å². The van der Waals surface area contributed by atoms with Gasteiger partial charge in [0.05, 0.1) is 5.56 Å². The molecule has 0 aromatic heterocycles. The first kappa shape index (κ1) is 19.2. The summed E-state index contributed by atoms with van der Waals surface area (Å²) < 4.78 is 0. The van der Waals surface area contributed by atoms with Crippen LogP contribution >= 0.6 is 0 Å². The Bertz CT molecular complexity index is 425. The Hall–Kier alpha value is -1.75. The van der Waals surface area contributed by atoms with E-state index in [-0.39, 0.29) is 23.0 Å². The molecule has 1 aromatic carbocycles. The fourth-order valence-corrected chi connectivity index (χ4v) is 2.01. The average Bonchev–Trinajstić information content (AvgIpc) is 2.40. The minimum Gasteiger partial charge on any atom is -0.507 e. The molecule has 0 amide bonds. The first-order chi connectivity index (χ1) is 9.78. The second-order valence-corrected chi connectivity index (χ2v) is 5.01. The summed E-state index contributed by atoms with van der Waals surface area (Å²) in [5.74, 6) is -1.60. The van der Waals surface area contributed by atoms with Gasteiger partial charge in [-0.3, -0.25) is 0 Å². The number of nitrogens with zero attached hydrogens (tertiary/aromatic N) is 1. The van der Waals surface area contributed by atoms with Gasteiger partial charge in [0.25, 0.3) is 0 Å². The maximum absolute atomic E-state index is 10.6. The predicted molar refractivity (Wildman–Crippen MR) is 84.3 cm³/mol. The smallest absolute Gasteiger partial charge is 0.335 e. The summed E-state index contributed by atoms with van der Waals surface area (Å²) in [6.45, 7) is 13.7. The average molecular weight is 297 g/mol. The van der Waals surface area contributed by atoms with Gasteiger partial charge in [-0.25, -0.2) is 4.79 Å². The van der Waals surface area contributed by atoms with Crippen LogP contribution in [0.5, 0.6) is 11.5 Å². The zero-order chi connectivity index (χ0) is 16.6. The van der Waals surface area contributed by atoms with Crippen LogP contribution in [-0.4, -0.2) is 45.8 Å². The van der Waals surface area contributed by atoms with E-state index < -0.39 is 5.97 Å². The van der Waals surface area contributed by atoms with Crippen molar-refractivity contribution in [2.24, 2.45) is 0 Å². The summed E-state index contributed by atoms with van der Waals surface area (Å²) in [5, 5.41) is 27.6. The van der Waals surface area contributed by atoms with Crippen molar-refractivity contribution in [3.8, 4) is 11.5 Å². The zero-order valence-corrected chi connectivity index (χ0v) is 13.6. The van der Waals surface area contributed by atoms with E-state index in [2.05, 4.69) is 25.7 Å². The third-order valence-electron chi connectivity index (χ3n) is 3.30. The van der Waals surface area contributed by atoms with E-state index >= 15 is 0 Å². The molecule has 0 fully saturated rings. The molecule has 0 heterocycles. The van der Waals surface area contributed by atoms with Crippen molar-refractivity contribution in [1.29, 1.82) is 0 Å². The van der Waals surface area contributed by atoms with Gasteiger partial charge in [0.2, 0.25) is 0 Å². The molecule has 0 aliphatic rings. The van der Waals surface area contributed by atoms with E-state index in [4.69, 9.17) is 5.11 Å². The fraction of sp³-hybridized carbons (Fsp3) is 0.562. The summed E-state index contributed by atoms with van der Waals surface area (Å²) >= 11 is 0. The van der Waals surface area contributed by atoms with Gasteiger partial charge in [-0.15, -0.1) is 0 Å². The van der Waals surface area contributed by atoms with Crippen molar-refractivity contribution in [1.82, 2.24) is 4.90 Å². The number of phenolic OH excluding ortho intramolecular Hbond substituents is 2. The van der Waals surface area contributed by atoms with Gasteiger partial charge in [-0.2, -0.15) is 0 Å². The molecular weight excluding hydrogens is 270 g/mol. The lowest BCUT2D eigenvalue weighted by Crippen LogP contribution is -2.21. The van der Waals surface area contributed by atoms with Crippen LogP contribution < -0.4 is 0 Å². The molecule has 120 valence electrons. The molecule has 0 radical (unpaired) electrons. The number of carboxylic acids is 1. The van der Waals surface area contributed by atoms with Gasteiger partial charge >= 0.3 is 5.97 Å². The first-order valence-corrected chi connectivity index (χ1v) is 7.29. The first-order valence-electron chi connectivity index (χ1n) is 7.29. The third kappa shape index (κ3) is 6.04. The molecule has 5 nitrogen and oxygen atoms in total. The monoisotopic (exact) mass is 297 g/mol. The molecule has 0 bridgehead atoms. The van der Waals surface area contributed by atoms with Crippen LogP contribution in [0.4, 0.5) is 0 Å². The van der Waals surface area contributed by atoms with Crippen molar-refractivity contribution < 1.29 is 20.1 Å². The fourth-order valence-electron chi connectivity index (χ4n) is 2.01. The number of benzene rings is 1. The number of aromatic hydroxyl groups is 2. The summed E-state index contributed by atoms with van der Waals surface area (Å²) in [6, 6.07) is 2.27. The Kier molecular flexibility index (Phi) is 8.47. The normalized spacial score (nSPS) is 10.4. The number of phenols is 2. The number of carbonyl (C=O) groups is 1. The van der Waals surface area contributed by atoms with E-state index in [0.717, 1.165) is 12.1 Å². The summed E-state index contributed by atoms with van der Waals surface area (Å²) in [5.41, 5.74) is 0.249. The molecule has 3 N–H and O–H groups in total. The van der Waals surface area contributed by atoms with Crippen LogP contribution in [0, 0.1) is 0 Å². The van der Waals surface area contributed by atoms with E-state index in [1.807, 2.05) is 0 Å². The highest BCUT2D eigenvalue weighted by molar-refractivity contribution is 5.89. The highest BCUT2D eigenvalue weighted by Gasteiger charge is 2.15. The van der Waals surface area contributed by atoms with Crippen LogP contribution in [0.3, 0.4) is 0 Å². The van der Waals surface area contributed by atoms with Crippen molar-refractivity contribution >= 4 is 5.97 Å². The number of carboxylic acid groups (broad SMARTS) is 1. The molecule has 0 saturated heterocycles. The molecule has 0 aliphatic heterocycles. The lowest BCUT2D eigenvalue weighted by Gasteiger charge is -2.13. The Morgan fingerprint density at radius 1 is 1.05 bits per heavy atom. The minimum absolute atomic E-state index is 0.0576. The molecule has 1 aromatic rings. The molecule has 21 heavy (non-hydrogen) atoms. The predicted octanol–water partition coefficient (Wildman–Crippen LogP) is 3.27. The van der Waals surface area contributed by atoms with Crippen LogP contribution in [0.25, 0.3) is 0 Å². The van der Waals surface area contributed by atoms with Crippen LogP contribution in [-0.2, 0) is 0 Å². The van der Waals surface area contributed by atoms with E-state index in [1.54, 1.807) is 13.8 Å². The van der Waals surface area contributed by atoms with Crippen molar-refractivity contribution in [2.75, 3.05) is 19.6 Å². The quantitative estimate of drug-likeness (QED) is 0.777. The second kappa shape index (κ2) is 9.23. The van der Waals surface area contributed by atoms with Crippen molar-refractivity contribution in [3.63, 3.8) is 0 Å². The van der Waals surface area contributed by atoms with Crippen LogP contribution in [0.1, 0.15) is 56.5 Å².